The minimum Gasteiger partial charge on any atom is -0.466 e. The van der Waals surface area contributed by atoms with Crippen LogP contribution in [0.15, 0.2) is 46.0 Å². The first-order valence-electron chi connectivity index (χ1n) is 7.72. The Hall–Kier alpha value is -1.61. The van der Waals surface area contributed by atoms with Crippen LogP contribution in [0.25, 0.3) is 0 Å². The number of aliphatic imine (C=N–C) groups is 1. The van der Waals surface area contributed by atoms with Crippen LogP contribution in [0.5, 0.6) is 0 Å². The summed E-state index contributed by atoms with van der Waals surface area (Å²) >= 11 is 0. The van der Waals surface area contributed by atoms with Crippen molar-refractivity contribution in [2.24, 2.45) is 4.99 Å². The van der Waals surface area contributed by atoms with Gasteiger partial charge in [-0.1, -0.05) is 6.07 Å². The summed E-state index contributed by atoms with van der Waals surface area (Å²) in [5.74, 6) is 1.14. The van der Waals surface area contributed by atoms with Gasteiger partial charge in [-0.15, -0.1) is 24.0 Å². The predicted octanol–water partition coefficient (Wildman–Crippen LogP) is 2.56. The Labute approximate surface area is 159 Å². The first-order valence-corrected chi connectivity index (χ1v) is 7.72. The van der Waals surface area contributed by atoms with Crippen LogP contribution in [0.3, 0.4) is 0 Å². The smallest absolute Gasteiger partial charge is 0.191 e. The molecule has 0 fully saturated rings. The van der Waals surface area contributed by atoms with E-state index in [1.165, 1.54) is 0 Å². The Kier molecular flexibility index (Phi) is 8.20. The molecule has 2 aromatic heterocycles. The van der Waals surface area contributed by atoms with E-state index in [2.05, 4.69) is 20.6 Å². The molecule has 0 aliphatic carbocycles. The highest BCUT2D eigenvalue weighted by Crippen LogP contribution is 2.19. The van der Waals surface area contributed by atoms with Crippen molar-refractivity contribution >= 4 is 29.9 Å². The van der Waals surface area contributed by atoms with Crippen LogP contribution in [0, 0.1) is 6.92 Å². The zero-order valence-electron chi connectivity index (χ0n) is 14.2. The van der Waals surface area contributed by atoms with Crippen molar-refractivity contribution in [2.45, 2.75) is 32.9 Å². The highest BCUT2D eigenvalue weighted by atomic mass is 127. The maximum Gasteiger partial charge on any atom is 0.191 e. The van der Waals surface area contributed by atoms with Gasteiger partial charge in [0.05, 0.1) is 25.0 Å². The van der Waals surface area contributed by atoms with Crippen LogP contribution in [0.4, 0.5) is 0 Å². The average molecular weight is 444 g/mol. The summed E-state index contributed by atoms with van der Waals surface area (Å²) in [6.07, 6.45) is 1.55. The fourth-order valence-electron chi connectivity index (χ4n) is 2.12. The van der Waals surface area contributed by atoms with E-state index < -0.39 is 5.60 Å². The van der Waals surface area contributed by atoms with E-state index in [1.54, 1.807) is 25.3 Å². The van der Waals surface area contributed by atoms with Crippen LogP contribution in [-0.4, -0.2) is 29.1 Å². The third-order valence-corrected chi connectivity index (χ3v) is 3.34. The van der Waals surface area contributed by atoms with Gasteiger partial charge in [-0.25, -0.2) is 4.99 Å². The Bertz CT molecular complexity index is 642. The van der Waals surface area contributed by atoms with Crippen LogP contribution < -0.4 is 10.6 Å². The monoisotopic (exact) mass is 444 g/mol. The molecule has 0 bridgehead atoms. The molecule has 2 rings (SSSR count). The molecule has 0 amide bonds. The molecule has 0 aliphatic heterocycles. The summed E-state index contributed by atoms with van der Waals surface area (Å²) in [6.45, 7) is 7.14. The van der Waals surface area contributed by atoms with Crippen molar-refractivity contribution in [1.82, 2.24) is 15.6 Å². The maximum absolute atomic E-state index is 10.5. The molecule has 0 spiro atoms. The molecule has 1 unspecified atom stereocenters. The lowest BCUT2D eigenvalue weighted by Crippen LogP contribution is -2.44. The van der Waals surface area contributed by atoms with Crippen LogP contribution in [-0.2, 0) is 12.1 Å². The molecule has 0 saturated heterocycles. The summed E-state index contributed by atoms with van der Waals surface area (Å²) in [7, 11) is 0. The number of nitrogens with zero attached hydrogens (tertiary/aromatic N) is 2. The van der Waals surface area contributed by atoms with Crippen LogP contribution >= 0.6 is 24.0 Å². The second-order valence-corrected chi connectivity index (χ2v) is 5.57. The quantitative estimate of drug-likeness (QED) is 0.363. The highest BCUT2D eigenvalue weighted by molar-refractivity contribution is 14.0. The third kappa shape index (κ3) is 6.12. The molecule has 0 radical (unpaired) electrons. The van der Waals surface area contributed by atoms with E-state index in [9.17, 15) is 5.11 Å². The highest BCUT2D eigenvalue weighted by Gasteiger charge is 2.26. The summed E-state index contributed by atoms with van der Waals surface area (Å²) in [6, 6.07) is 9.38. The first kappa shape index (κ1) is 20.4. The SMILES string of the molecule is CCNC(=NCc1cccc(C)n1)NCC(C)(O)c1ccco1.I. The molecule has 0 aliphatic rings. The van der Waals surface area contributed by atoms with Gasteiger partial charge in [0.25, 0.3) is 0 Å². The first-order chi connectivity index (χ1) is 11.0. The lowest BCUT2D eigenvalue weighted by Gasteiger charge is -2.22. The van der Waals surface area contributed by atoms with Gasteiger partial charge < -0.3 is 20.2 Å². The van der Waals surface area contributed by atoms with E-state index in [0.717, 1.165) is 17.9 Å². The Morgan fingerprint density at radius 2 is 2.08 bits per heavy atom. The minimum atomic E-state index is -1.11. The normalized spacial score (nSPS) is 13.8. The number of halogens is 1. The molecule has 24 heavy (non-hydrogen) atoms. The lowest BCUT2D eigenvalue weighted by atomic mass is 10.0. The topological polar surface area (TPSA) is 82.7 Å². The van der Waals surface area contributed by atoms with Crippen molar-refractivity contribution in [3.05, 3.63) is 53.7 Å². The number of aliphatic hydroxyl groups is 1. The second kappa shape index (κ2) is 9.63. The van der Waals surface area contributed by atoms with Crippen molar-refractivity contribution < 1.29 is 9.52 Å². The molecule has 0 saturated carbocycles. The van der Waals surface area contributed by atoms with E-state index in [1.807, 2.05) is 32.0 Å². The standard InChI is InChI=1S/C17H24N4O2.HI/c1-4-18-16(19-11-14-8-5-7-13(2)21-14)20-12-17(3,22)15-9-6-10-23-15;/h5-10,22H,4,11-12H2,1-3H3,(H2,18,19,20);1H. The molecular formula is C17H25IN4O2. The van der Waals surface area contributed by atoms with Crippen molar-refractivity contribution in [3.8, 4) is 0 Å². The number of pyridine rings is 1. The predicted molar refractivity (Wildman–Crippen MR) is 105 cm³/mol. The maximum atomic E-state index is 10.5. The van der Waals surface area contributed by atoms with E-state index in [0.29, 0.717) is 18.3 Å². The lowest BCUT2D eigenvalue weighted by molar-refractivity contribution is 0.0386. The molecule has 132 valence electrons. The number of aromatic nitrogens is 1. The summed E-state index contributed by atoms with van der Waals surface area (Å²) in [4.78, 5) is 8.93. The Morgan fingerprint density at radius 3 is 2.71 bits per heavy atom. The Morgan fingerprint density at radius 1 is 1.29 bits per heavy atom. The molecular weight excluding hydrogens is 419 g/mol. The van der Waals surface area contributed by atoms with Crippen LogP contribution in [0.2, 0.25) is 0 Å². The Balaban J connectivity index is 0.00000288. The van der Waals surface area contributed by atoms with Gasteiger partial charge in [-0.05, 0) is 45.0 Å². The zero-order valence-corrected chi connectivity index (χ0v) is 16.6. The average Bonchev–Trinajstić information content (AvgIpc) is 3.05. The van der Waals surface area contributed by atoms with Gasteiger partial charge >= 0.3 is 0 Å². The molecule has 6 nitrogen and oxygen atoms in total. The number of hydrogen-bond donors (Lipinski definition) is 3. The van der Waals surface area contributed by atoms with Gasteiger partial charge in [-0.3, -0.25) is 4.98 Å². The van der Waals surface area contributed by atoms with Crippen molar-refractivity contribution in [3.63, 3.8) is 0 Å². The summed E-state index contributed by atoms with van der Waals surface area (Å²) in [5, 5.41) is 16.8. The van der Waals surface area contributed by atoms with Gasteiger partial charge in [-0.2, -0.15) is 0 Å². The molecule has 2 heterocycles. The number of furan rings is 1. The fraction of sp³-hybridized carbons (Fsp3) is 0.412. The molecule has 0 aromatic carbocycles. The number of nitrogens with one attached hydrogen (secondary N) is 2. The fourth-order valence-corrected chi connectivity index (χ4v) is 2.12. The molecule has 7 heteroatoms. The van der Waals surface area contributed by atoms with Gasteiger partial charge in [0.2, 0.25) is 0 Å². The van der Waals surface area contributed by atoms with Crippen molar-refractivity contribution in [2.75, 3.05) is 13.1 Å². The van der Waals surface area contributed by atoms with Gasteiger partial charge in [0, 0.05) is 12.2 Å². The largest absolute Gasteiger partial charge is 0.466 e. The van der Waals surface area contributed by atoms with Gasteiger partial charge in [0.1, 0.15) is 11.4 Å². The van der Waals surface area contributed by atoms with Crippen molar-refractivity contribution in [1.29, 1.82) is 0 Å². The number of aryl methyl sites for hydroxylation is 1. The number of guanidine groups is 1. The second-order valence-electron chi connectivity index (χ2n) is 5.57. The van der Waals surface area contributed by atoms with Crippen LogP contribution in [0.1, 0.15) is 31.0 Å². The number of hydrogen-bond acceptors (Lipinski definition) is 4. The minimum absolute atomic E-state index is 0. The molecule has 2 aromatic rings. The summed E-state index contributed by atoms with van der Waals surface area (Å²) < 4.78 is 5.27. The van der Waals surface area contributed by atoms with Gasteiger partial charge in [0.15, 0.2) is 5.96 Å². The number of rotatable bonds is 6. The molecule has 1 atom stereocenters. The zero-order chi connectivity index (χ0) is 16.7. The van der Waals surface area contributed by atoms with E-state index >= 15 is 0 Å². The summed E-state index contributed by atoms with van der Waals surface area (Å²) in [5.41, 5.74) is 0.762. The third-order valence-electron chi connectivity index (χ3n) is 3.34. The molecule has 3 N–H and O–H groups in total. The van der Waals surface area contributed by atoms with E-state index in [-0.39, 0.29) is 30.5 Å². The van der Waals surface area contributed by atoms with E-state index in [4.69, 9.17) is 4.42 Å².